The fourth-order valence-corrected chi connectivity index (χ4v) is 5.28. The predicted octanol–water partition coefficient (Wildman–Crippen LogP) is 2.89. The van der Waals surface area contributed by atoms with Crippen LogP contribution in [-0.4, -0.2) is 77.0 Å². The van der Waals surface area contributed by atoms with Gasteiger partial charge in [-0.2, -0.15) is 0 Å². The van der Waals surface area contributed by atoms with Crippen LogP contribution in [0.1, 0.15) is 84.9 Å². The largest absolute Gasteiger partial charge is 0.444 e. The van der Waals surface area contributed by atoms with E-state index in [1.54, 1.807) is 27.7 Å². The van der Waals surface area contributed by atoms with Crippen molar-refractivity contribution in [3.63, 3.8) is 0 Å². The number of nitrogens with zero attached hydrogens (tertiary/aromatic N) is 2. The van der Waals surface area contributed by atoms with Crippen LogP contribution in [-0.2, 0) is 25.5 Å². The standard InChI is InChI=1S/C30H47N5O5/c1-18(34(8)28(39)40-30(5,6)7)25(36)33-24(29(2,3)4)27(38)35-17-20(31)16-23(35)26(37)32-22-15-11-13-19-12-9-10-14-21(19)22/h9-10,12,14,18,20,22-24H,11,13,15-17,31H2,1-8H3,(H,32,37)(H,33,36)/t18-,20-,22?,23?,24+/m0/s1. The number of hydrogen-bond acceptors (Lipinski definition) is 6. The molecule has 0 spiro atoms. The van der Waals surface area contributed by atoms with Crippen molar-refractivity contribution in [2.45, 2.75) is 110 Å². The fourth-order valence-electron chi connectivity index (χ4n) is 5.28. The number of likely N-dealkylation sites (N-methyl/N-ethyl adjacent to an activating group) is 1. The van der Waals surface area contributed by atoms with E-state index >= 15 is 0 Å². The van der Waals surface area contributed by atoms with Crippen LogP contribution in [0.4, 0.5) is 4.79 Å². The second kappa shape index (κ2) is 12.2. The highest BCUT2D eigenvalue weighted by Gasteiger charge is 2.45. The average molecular weight is 558 g/mol. The van der Waals surface area contributed by atoms with E-state index in [4.69, 9.17) is 10.5 Å². The minimum atomic E-state index is -0.939. The van der Waals surface area contributed by atoms with Crippen molar-refractivity contribution in [1.29, 1.82) is 0 Å². The number of nitrogens with one attached hydrogen (secondary N) is 2. The first-order valence-corrected chi connectivity index (χ1v) is 14.2. The SMILES string of the molecule is C[C@@H](C(=O)N[C@H](C(=O)N1C[C@@H](N)CC1C(=O)NC1CCCc2ccccc21)C(C)(C)C)N(C)C(=O)OC(C)(C)C. The molecule has 1 aliphatic carbocycles. The molecule has 1 aromatic carbocycles. The lowest BCUT2D eigenvalue weighted by Gasteiger charge is -2.37. The van der Waals surface area contributed by atoms with E-state index in [0.717, 1.165) is 24.8 Å². The molecule has 0 saturated carbocycles. The Hall–Kier alpha value is -3.14. The minimum Gasteiger partial charge on any atom is -0.444 e. The van der Waals surface area contributed by atoms with Crippen LogP contribution in [0.15, 0.2) is 24.3 Å². The van der Waals surface area contributed by atoms with Crippen LogP contribution < -0.4 is 16.4 Å². The van der Waals surface area contributed by atoms with Crippen LogP contribution in [0.25, 0.3) is 0 Å². The number of nitrogens with two attached hydrogens (primary N) is 1. The van der Waals surface area contributed by atoms with Gasteiger partial charge in [0, 0.05) is 19.6 Å². The first-order valence-electron chi connectivity index (χ1n) is 14.2. The van der Waals surface area contributed by atoms with Gasteiger partial charge in [-0.25, -0.2) is 4.79 Å². The van der Waals surface area contributed by atoms with Gasteiger partial charge in [-0.05, 0) is 69.9 Å². The van der Waals surface area contributed by atoms with Gasteiger partial charge >= 0.3 is 6.09 Å². The van der Waals surface area contributed by atoms with Crippen molar-refractivity contribution in [3.05, 3.63) is 35.4 Å². The molecular weight excluding hydrogens is 510 g/mol. The Kier molecular flexibility index (Phi) is 9.54. The number of hydrogen-bond donors (Lipinski definition) is 3. The minimum absolute atomic E-state index is 0.117. The molecule has 1 aliphatic heterocycles. The van der Waals surface area contributed by atoms with Crippen molar-refractivity contribution >= 4 is 23.8 Å². The molecule has 10 heteroatoms. The summed E-state index contributed by atoms with van der Waals surface area (Å²) in [6.07, 6.45) is 2.49. The number of benzene rings is 1. The smallest absolute Gasteiger partial charge is 0.410 e. The molecule has 3 rings (SSSR count). The summed E-state index contributed by atoms with van der Waals surface area (Å²) in [6, 6.07) is 5.08. The Morgan fingerprint density at radius 1 is 1.10 bits per heavy atom. The van der Waals surface area contributed by atoms with Gasteiger partial charge in [0.1, 0.15) is 23.7 Å². The normalized spacial score (nSPS) is 22.5. The third-order valence-electron chi connectivity index (χ3n) is 7.65. The van der Waals surface area contributed by atoms with Crippen molar-refractivity contribution in [2.75, 3.05) is 13.6 Å². The van der Waals surface area contributed by atoms with E-state index in [0.29, 0.717) is 6.42 Å². The summed E-state index contributed by atoms with van der Waals surface area (Å²) in [5, 5.41) is 6.02. The Bertz CT molecular complexity index is 1110. The molecule has 2 unspecified atom stereocenters. The third kappa shape index (κ3) is 7.53. The van der Waals surface area contributed by atoms with Gasteiger partial charge < -0.3 is 26.0 Å². The molecule has 0 bridgehead atoms. The quantitative estimate of drug-likeness (QED) is 0.493. The van der Waals surface area contributed by atoms with Crippen molar-refractivity contribution in [3.8, 4) is 0 Å². The van der Waals surface area contributed by atoms with Gasteiger partial charge in [0.2, 0.25) is 17.7 Å². The Morgan fingerprint density at radius 2 is 1.75 bits per heavy atom. The van der Waals surface area contributed by atoms with Gasteiger partial charge in [0.05, 0.1) is 6.04 Å². The summed E-state index contributed by atoms with van der Waals surface area (Å²) < 4.78 is 5.38. The zero-order valence-electron chi connectivity index (χ0n) is 25.2. The maximum Gasteiger partial charge on any atom is 0.410 e. The summed E-state index contributed by atoms with van der Waals surface area (Å²) in [7, 11) is 1.48. The molecule has 2 aliphatic rings. The van der Waals surface area contributed by atoms with Crippen molar-refractivity contribution < 1.29 is 23.9 Å². The van der Waals surface area contributed by atoms with Gasteiger partial charge in [-0.1, -0.05) is 45.0 Å². The molecule has 0 aromatic heterocycles. The van der Waals surface area contributed by atoms with Gasteiger partial charge in [-0.15, -0.1) is 0 Å². The van der Waals surface area contributed by atoms with E-state index in [1.165, 1.54) is 22.4 Å². The zero-order chi connectivity index (χ0) is 30.0. The highest BCUT2D eigenvalue weighted by molar-refractivity contribution is 5.94. The van der Waals surface area contributed by atoms with Crippen molar-refractivity contribution in [2.24, 2.45) is 11.1 Å². The number of carbonyl (C=O) groups excluding carboxylic acids is 4. The lowest BCUT2D eigenvalue weighted by Crippen LogP contribution is -2.60. The van der Waals surface area contributed by atoms with Gasteiger partial charge in [-0.3, -0.25) is 19.3 Å². The number of fused-ring (bicyclic) bond motifs is 1. The lowest BCUT2D eigenvalue weighted by molar-refractivity contribution is -0.144. The molecule has 1 fully saturated rings. The van der Waals surface area contributed by atoms with Gasteiger partial charge in [0.25, 0.3) is 0 Å². The van der Waals surface area contributed by atoms with Crippen molar-refractivity contribution in [1.82, 2.24) is 20.4 Å². The van der Waals surface area contributed by atoms with Crippen LogP contribution in [0.5, 0.6) is 0 Å². The van der Waals surface area contributed by atoms with E-state index < -0.39 is 41.1 Å². The Morgan fingerprint density at radius 3 is 2.38 bits per heavy atom. The number of amides is 4. The molecule has 4 amide bonds. The second-order valence-corrected chi connectivity index (χ2v) is 13.2. The molecule has 222 valence electrons. The Balaban J connectivity index is 1.75. The molecule has 5 atom stereocenters. The topological polar surface area (TPSA) is 134 Å². The number of likely N-dealkylation sites (tertiary alicyclic amines) is 1. The molecule has 40 heavy (non-hydrogen) atoms. The molecule has 1 saturated heterocycles. The molecule has 1 heterocycles. The first kappa shape index (κ1) is 31.4. The van der Waals surface area contributed by atoms with Crippen LogP contribution in [0.2, 0.25) is 0 Å². The summed E-state index contributed by atoms with van der Waals surface area (Å²) in [6.45, 7) is 12.6. The summed E-state index contributed by atoms with van der Waals surface area (Å²) in [5.74, 6) is -1.10. The van der Waals surface area contributed by atoms with Crippen LogP contribution in [0.3, 0.4) is 0 Å². The van der Waals surface area contributed by atoms with E-state index in [2.05, 4.69) is 16.7 Å². The van der Waals surface area contributed by atoms with Crippen LogP contribution in [0, 0.1) is 5.41 Å². The number of rotatable bonds is 6. The molecule has 0 radical (unpaired) electrons. The van der Waals surface area contributed by atoms with E-state index in [-0.39, 0.29) is 30.4 Å². The predicted molar refractivity (Wildman–Crippen MR) is 153 cm³/mol. The zero-order valence-corrected chi connectivity index (χ0v) is 25.2. The molecule has 1 aromatic rings. The van der Waals surface area contributed by atoms with Gasteiger partial charge in [0.15, 0.2) is 0 Å². The molecule has 10 nitrogen and oxygen atoms in total. The van der Waals surface area contributed by atoms with E-state index in [9.17, 15) is 19.2 Å². The fraction of sp³-hybridized carbons (Fsp3) is 0.667. The monoisotopic (exact) mass is 557 g/mol. The second-order valence-electron chi connectivity index (χ2n) is 13.2. The number of aryl methyl sites for hydroxylation is 1. The highest BCUT2D eigenvalue weighted by atomic mass is 16.6. The molecular formula is C30H47N5O5. The van der Waals surface area contributed by atoms with E-state index in [1.807, 2.05) is 39.0 Å². The summed E-state index contributed by atoms with van der Waals surface area (Å²) >= 11 is 0. The lowest BCUT2D eigenvalue weighted by atomic mass is 9.85. The first-order chi connectivity index (χ1) is 18.5. The Labute approximate surface area is 238 Å². The average Bonchev–Trinajstić information content (AvgIpc) is 3.26. The number of carbonyl (C=O) groups is 4. The summed E-state index contributed by atoms with van der Waals surface area (Å²) in [4.78, 5) is 56.0. The number of ether oxygens (including phenoxy) is 1. The third-order valence-corrected chi connectivity index (χ3v) is 7.65. The maximum atomic E-state index is 14.0. The molecule has 4 N–H and O–H groups in total. The van der Waals surface area contributed by atoms with Crippen LogP contribution >= 0.6 is 0 Å². The highest BCUT2D eigenvalue weighted by Crippen LogP contribution is 2.31. The maximum absolute atomic E-state index is 14.0. The summed E-state index contributed by atoms with van der Waals surface area (Å²) in [5.41, 5.74) is 7.23.